The van der Waals surface area contributed by atoms with Gasteiger partial charge in [-0.2, -0.15) is 10.4 Å². The summed E-state index contributed by atoms with van der Waals surface area (Å²) in [4.78, 5) is 12.0. The molecule has 96 valence electrons. The molecule has 0 fully saturated rings. The molecule has 2 aromatic heterocycles. The third-order valence-corrected chi connectivity index (χ3v) is 2.72. The number of carbonyl (C=O) groups is 1. The number of carbonyl (C=O) groups excluding carboxylic acids is 1. The first-order chi connectivity index (χ1) is 9.02. The normalized spacial score (nSPS) is 10.0. The van der Waals surface area contributed by atoms with Gasteiger partial charge in [0, 0.05) is 7.05 Å². The topological polar surface area (TPSA) is 96.5 Å². The number of anilines is 1. The molecule has 0 radical (unpaired) electrons. The van der Waals surface area contributed by atoms with Crippen molar-refractivity contribution in [1.82, 2.24) is 20.0 Å². The quantitative estimate of drug-likeness (QED) is 0.909. The number of aromatic nitrogens is 4. The van der Waals surface area contributed by atoms with Crippen molar-refractivity contribution in [3.63, 3.8) is 0 Å². The lowest BCUT2D eigenvalue weighted by atomic mass is 10.3. The molecule has 7 nitrogen and oxygen atoms in total. The molecule has 19 heavy (non-hydrogen) atoms. The van der Waals surface area contributed by atoms with Gasteiger partial charge in [-0.25, -0.2) is 0 Å². The summed E-state index contributed by atoms with van der Waals surface area (Å²) in [5.74, 6) is -0.293. The van der Waals surface area contributed by atoms with Crippen molar-refractivity contribution in [1.29, 1.82) is 5.26 Å². The maximum Gasteiger partial charge on any atom is 0.260 e. The fourth-order valence-electron chi connectivity index (χ4n) is 1.35. The van der Waals surface area contributed by atoms with E-state index in [1.807, 2.05) is 6.07 Å². The molecule has 1 amide bonds. The van der Waals surface area contributed by atoms with Crippen LogP contribution in [0.25, 0.3) is 0 Å². The molecule has 0 aromatic carbocycles. The third-order valence-electron chi connectivity index (χ3n) is 2.25. The van der Waals surface area contributed by atoms with Crippen LogP contribution in [-0.2, 0) is 7.05 Å². The van der Waals surface area contributed by atoms with Crippen LogP contribution in [0.5, 0.6) is 0 Å². The molecule has 0 bridgehead atoms. The molecule has 0 aliphatic carbocycles. The van der Waals surface area contributed by atoms with E-state index in [2.05, 4.69) is 20.6 Å². The number of hydrogen-bond acceptors (Lipinski definition) is 5. The average molecular weight is 297 g/mol. The van der Waals surface area contributed by atoms with Crippen LogP contribution in [0, 0.1) is 11.3 Å². The largest absolute Gasteiger partial charge is 0.306 e. The van der Waals surface area contributed by atoms with E-state index in [1.165, 1.54) is 16.9 Å². The maximum atomic E-state index is 12.0. The summed E-state index contributed by atoms with van der Waals surface area (Å²) in [6, 6.07) is 3.20. The zero-order chi connectivity index (χ0) is 14.0. The zero-order valence-corrected chi connectivity index (χ0v) is 11.1. The van der Waals surface area contributed by atoms with Crippen LogP contribution in [0.2, 0.25) is 10.3 Å². The lowest BCUT2D eigenvalue weighted by molar-refractivity contribution is 0.102. The van der Waals surface area contributed by atoms with Crippen molar-refractivity contribution < 1.29 is 4.79 Å². The van der Waals surface area contributed by atoms with Gasteiger partial charge in [0.25, 0.3) is 5.91 Å². The van der Waals surface area contributed by atoms with Crippen LogP contribution in [-0.4, -0.2) is 25.9 Å². The molecule has 0 aliphatic rings. The Hall–Kier alpha value is -2.17. The molecule has 2 aromatic rings. The van der Waals surface area contributed by atoms with E-state index in [-0.39, 0.29) is 27.3 Å². The molecular weight excluding hydrogens is 291 g/mol. The van der Waals surface area contributed by atoms with Crippen molar-refractivity contribution in [2.45, 2.75) is 0 Å². The molecule has 9 heteroatoms. The van der Waals surface area contributed by atoms with Crippen molar-refractivity contribution in [2.24, 2.45) is 7.05 Å². The van der Waals surface area contributed by atoms with Crippen LogP contribution in [0.15, 0.2) is 12.3 Å². The van der Waals surface area contributed by atoms with Crippen LogP contribution in [0.3, 0.4) is 0 Å². The van der Waals surface area contributed by atoms with Crippen molar-refractivity contribution in [3.05, 3.63) is 33.7 Å². The molecule has 0 spiro atoms. The number of halogens is 2. The third kappa shape index (κ3) is 2.65. The van der Waals surface area contributed by atoms with Gasteiger partial charge < -0.3 is 5.32 Å². The second-order valence-corrected chi connectivity index (χ2v) is 4.21. The van der Waals surface area contributed by atoms with Crippen molar-refractivity contribution in [2.75, 3.05) is 5.32 Å². The lowest BCUT2D eigenvalue weighted by Crippen LogP contribution is -2.16. The van der Waals surface area contributed by atoms with Crippen LogP contribution in [0.1, 0.15) is 15.9 Å². The average Bonchev–Trinajstić information content (AvgIpc) is 2.73. The lowest BCUT2D eigenvalue weighted by Gasteiger charge is -2.06. The minimum Gasteiger partial charge on any atom is -0.306 e. The Labute approximate surface area is 117 Å². The smallest absolute Gasteiger partial charge is 0.260 e. The Morgan fingerprint density at radius 2 is 2.21 bits per heavy atom. The number of hydrogen-bond donors (Lipinski definition) is 1. The Balaban J connectivity index is 2.34. The molecular formula is C10H6Cl2N6O. The SMILES string of the molecule is Cn1ncc(C#N)c1NC(=O)c1cc(Cl)nnc1Cl. The number of nitriles is 1. The summed E-state index contributed by atoms with van der Waals surface area (Å²) < 4.78 is 1.36. The van der Waals surface area contributed by atoms with E-state index in [1.54, 1.807) is 7.05 Å². The molecule has 0 atom stereocenters. The minimum absolute atomic E-state index is 0.0417. The molecule has 1 N–H and O–H groups in total. The van der Waals surface area contributed by atoms with Gasteiger partial charge in [0.15, 0.2) is 10.3 Å². The Morgan fingerprint density at radius 3 is 2.89 bits per heavy atom. The number of amides is 1. The summed E-state index contributed by atoms with van der Waals surface area (Å²) in [5, 5.41) is 22.3. The number of rotatable bonds is 2. The van der Waals surface area contributed by atoms with Gasteiger partial charge in [0.05, 0.1) is 11.8 Å². The van der Waals surface area contributed by atoms with Crippen LogP contribution < -0.4 is 5.32 Å². The van der Waals surface area contributed by atoms with Gasteiger partial charge in [0.2, 0.25) is 0 Å². The van der Waals surface area contributed by atoms with Crippen LogP contribution >= 0.6 is 23.2 Å². The minimum atomic E-state index is -0.554. The molecule has 0 aliphatic heterocycles. The summed E-state index contributed by atoms with van der Waals surface area (Å²) in [6.07, 6.45) is 1.34. The van der Waals surface area contributed by atoms with E-state index in [0.717, 1.165) is 0 Å². The number of aryl methyl sites for hydroxylation is 1. The fourth-order valence-corrected chi connectivity index (χ4v) is 1.68. The van der Waals surface area contributed by atoms with Gasteiger partial charge in [0.1, 0.15) is 17.5 Å². The van der Waals surface area contributed by atoms with Crippen molar-refractivity contribution in [3.8, 4) is 6.07 Å². The molecule has 0 saturated carbocycles. The predicted octanol–water partition coefficient (Wildman–Crippen LogP) is 1.64. The second-order valence-electron chi connectivity index (χ2n) is 3.47. The number of nitrogens with one attached hydrogen (secondary N) is 1. The van der Waals surface area contributed by atoms with Gasteiger partial charge in [-0.15, -0.1) is 10.2 Å². The Bertz CT molecular complexity index is 690. The molecule has 2 heterocycles. The first kappa shape index (κ1) is 13.3. The zero-order valence-electron chi connectivity index (χ0n) is 9.55. The summed E-state index contributed by atoms with van der Waals surface area (Å²) >= 11 is 11.4. The predicted molar refractivity (Wildman–Crippen MR) is 67.9 cm³/mol. The van der Waals surface area contributed by atoms with E-state index >= 15 is 0 Å². The standard InChI is InChI=1S/C10H6Cl2N6O/c1-18-9(5(3-13)4-14-18)15-10(19)6-2-7(11)16-17-8(6)12/h2,4H,1H3,(H,15,19). The first-order valence-corrected chi connectivity index (χ1v) is 5.70. The van der Waals surface area contributed by atoms with Gasteiger partial charge >= 0.3 is 0 Å². The summed E-state index contributed by atoms with van der Waals surface area (Å²) in [5.41, 5.74) is 0.298. The summed E-state index contributed by atoms with van der Waals surface area (Å²) in [6.45, 7) is 0. The van der Waals surface area contributed by atoms with Crippen molar-refractivity contribution >= 4 is 34.9 Å². The highest BCUT2D eigenvalue weighted by molar-refractivity contribution is 6.34. The molecule has 2 rings (SSSR count). The Kier molecular flexibility index (Phi) is 3.64. The van der Waals surface area contributed by atoms with E-state index < -0.39 is 5.91 Å². The second kappa shape index (κ2) is 5.22. The van der Waals surface area contributed by atoms with E-state index in [4.69, 9.17) is 28.5 Å². The molecule has 0 saturated heterocycles. The maximum absolute atomic E-state index is 12.0. The fraction of sp³-hybridized carbons (Fsp3) is 0.100. The van der Waals surface area contributed by atoms with E-state index in [9.17, 15) is 4.79 Å². The Morgan fingerprint density at radius 1 is 1.47 bits per heavy atom. The highest BCUT2D eigenvalue weighted by Gasteiger charge is 2.17. The molecule has 0 unspecified atom stereocenters. The van der Waals surface area contributed by atoms with E-state index in [0.29, 0.717) is 0 Å². The number of nitrogens with zero attached hydrogens (tertiary/aromatic N) is 5. The highest BCUT2D eigenvalue weighted by Crippen LogP contribution is 2.19. The summed E-state index contributed by atoms with van der Waals surface area (Å²) in [7, 11) is 1.59. The van der Waals surface area contributed by atoms with Gasteiger partial charge in [-0.3, -0.25) is 9.48 Å². The van der Waals surface area contributed by atoms with Gasteiger partial charge in [-0.1, -0.05) is 23.2 Å². The van der Waals surface area contributed by atoms with Crippen LogP contribution in [0.4, 0.5) is 5.82 Å². The van der Waals surface area contributed by atoms with Gasteiger partial charge in [-0.05, 0) is 6.07 Å². The highest BCUT2D eigenvalue weighted by atomic mass is 35.5. The monoisotopic (exact) mass is 296 g/mol. The first-order valence-electron chi connectivity index (χ1n) is 4.95.